The van der Waals surface area contributed by atoms with Crippen LogP contribution in [0, 0.1) is 0 Å². The zero-order valence-corrected chi connectivity index (χ0v) is 12.0. The van der Waals surface area contributed by atoms with E-state index in [1.807, 2.05) is 0 Å². The van der Waals surface area contributed by atoms with Crippen LogP contribution in [0.5, 0.6) is 0 Å². The molecule has 0 spiro atoms. The smallest absolute Gasteiger partial charge is 0.275 e. The van der Waals surface area contributed by atoms with Crippen molar-refractivity contribution in [3.63, 3.8) is 0 Å². The van der Waals surface area contributed by atoms with Crippen molar-refractivity contribution in [1.82, 2.24) is 4.90 Å². The predicted octanol–water partition coefficient (Wildman–Crippen LogP) is 2.44. The molecule has 0 aromatic heterocycles. The lowest BCUT2D eigenvalue weighted by atomic mass is 10.1. The van der Waals surface area contributed by atoms with Crippen molar-refractivity contribution in [1.29, 1.82) is 0 Å². The molecule has 0 saturated heterocycles. The van der Waals surface area contributed by atoms with Crippen LogP contribution >= 0.6 is 25.3 Å². The number of alkyl halides is 3. The van der Waals surface area contributed by atoms with E-state index in [1.54, 1.807) is 4.90 Å². The number of fused-ring (bicyclic) bond motifs is 1. The van der Waals surface area contributed by atoms with Gasteiger partial charge in [-0.05, 0) is 23.3 Å². The third-order valence-corrected chi connectivity index (χ3v) is 5.00. The zero-order chi connectivity index (χ0) is 14.4. The number of halogens is 3. The third-order valence-electron chi connectivity index (χ3n) is 2.87. The van der Waals surface area contributed by atoms with Crippen LogP contribution < -0.4 is 0 Å². The van der Waals surface area contributed by atoms with E-state index in [-0.39, 0.29) is 4.71 Å². The van der Waals surface area contributed by atoms with Gasteiger partial charge >= 0.3 is 5.51 Å². The second-order valence-corrected chi connectivity index (χ2v) is 7.46. The molecule has 1 aliphatic heterocycles. The van der Waals surface area contributed by atoms with Crippen LogP contribution in [0.25, 0.3) is 0 Å². The molecule has 1 aromatic carbocycles. The van der Waals surface area contributed by atoms with Crippen molar-refractivity contribution in [2.45, 2.75) is 28.2 Å². The van der Waals surface area contributed by atoms with Crippen LogP contribution in [0.3, 0.4) is 0 Å². The van der Waals surface area contributed by atoms with Gasteiger partial charge in [-0.15, -0.1) is 25.3 Å². The molecular weight excluding hydrogens is 319 g/mol. The number of benzene rings is 1. The zero-order valence-electron chi connectivity index (χ0n) is 9.42. The van der Waals surface area contributed by atoms with E-state index < -0.39 is 20.2 Å². The molecule has 1 aromatic rings. The molecule has 0 saturated carbocycles. The summed E-state index contributed by atoms with van der Waals surface area (Å²) in [4.78, 5) is 1.07. The fourth-order valence-corrected chi connectivity index (χ4v) is 3.00. The Labute approximate surface area is 119 Å². The third kappa shape index (κ3) is 2.74. The van der Waals surface area contributed by atoms with Crippen molar-refractivity contribution >= 4 is 35.1 Å². The molecule has 0 atom stereocenters. The highest BCUT2D eigenvalue weighted by Crippen LogP contribution is 2.34. The summed E-state index contributed by atoms with van der Waals surface area (Å²) in [5.41, 5.74) is -3.94. The topological polar surface area (TPSA) is 37.4 Å². The Morgan fingerprint density at radius 3 is 2.26 bits per heavy atom. The summed E-state index contributed by atoms with van der Waals surface area (Å²) in [6.07, 6.45) is 0. The van der Waals surface area contributed by atoms with Crippen LogP contribution in [0.1, 0.15) is 11.1 Å². The molecule has 2 rings (SSSR count). The molecule has 19 heavy (non-hydrogen) atoms. The molecule has 0 fully saturated rings. The predicted molar refractivity (Wildman–Crippen MR) is 70.7 cm³/mol. The van der Waals surface area contributed by atoms with Crippen LogP contribution in [0.2, 0.25) is 0 Å². The van der Waals surface area contributed by atoms with Gasteiger partial charge in [0.1, 0.15) is 0 Å². The summed E-state index contributed by atoms with van der Waals surface area (Å²) < 4.78 is 59.6. The molecule has 0 aliphatic carbocycles. The Morgan fingerprint density at radius 1 is 1.16 bits per heavy atom. The summed E-state index contributed by atoms with van der Waals surface area (Å²) in [6, 6.07) is 3.46. The lowest BCUT2D eigenvalue weighted by Crippen LogP contribution is -2.23. The maximum atomic E-state index is 12.5. The van der Waals surface area contributed by atoms with Gasteiger partial charge in [0.15, 0.2) is 0 Å². The first kappa shape index (κ1) is 15.0. The number of sulfone groups is 1. The fourth-order valence-electron chi connectivity index (χ4n) is 1.86. The fraction of sp³-hybridized carbons (Fsp3) is 0.400. The number of nitrogens with zero attached hydrogens (tertiary/aromatic N) is 1. The SMILES string of the molecule is O=S(=O)(c1ccc2c(c1)CN(C(S)S)C2)C(F)(F)F. The number of hydrogen-bond acceptors (Lipinski definition) is 5. The summed E-state index contributed by atoms with van der Waals surface area (Å²) in [6.45, 7) is 0.813. The molecule has 0 N–H and O–H groups in total. The van der Waals surface area contributed by atoms with E-state index in [4.69, 9.17) is 0 Å². The van der Waals surface area contributed by atoms with Gasteiger partial charge in [-0.2, -0.15) is 13.2 Å². The second-order valence-electron chi connectivity index (χ2n) is 4.13. The van der Waals surface area contributed by atoms with E-state index in [1.165, 1.54) is 6.07 Å². The van der Waals surface area contributed by atoms with Gasteiger partial charge in [-0.1, -0.05) is 6.07 Å². The first-order valence-electron chi connectivity index (χ1n) is 5.16. The van der Waals surface area contributed by atoms with Crippen LogP contribution in [-0.4, -0.2) is 23.5 Å². The van der Waals surface area contributed by atoms with Gasteiger partial charge in [0.2, 0.25) is 0 Å². The normalized spacial score (nSPS) is 16.9. The minimum Gasteiger partial charge on any atom is -0.275 e. The van der Waals surface area contributed by atoms with E-state index >= 15 is 0 Å². The minimum atomic E-state index is -5.29. The lowest BCUT2D eigenvalue weighted by Gasteiger charge is -2.17. The Kier molecular flexibility index (Phi) is 3.85. The van der Waals surface area contributed by atoms with Crippen molar-refractivity contribution in [2.24, 2.45) is 0 Å². The van der Waals surface area contributed by atoms with E-state index in [0.29, 0.717) is 18.7 Å². The number of hydrogen-bond donors (Lipinski definition) is 2. The largest absolute Gasteiger partial charge is 0.501 e. The Balaban J connectivity index is 2.39. The molecule has 0 radical (unpaired) electrons. The van der Waals surface area contributed by atoms with Gasteiger partial charge in [0, 0.05) is 13.1 Å². The highest BCUT2D eigenvalue weighted by atomic mass is 32.2. The van der Waals surface area contributed by atoms with Gasteiger partial charge in [-0.25, -0.2) is 8.42 Å². The lowest BCUT2D eigenvalue weighted by molar-refractivity contribution is -0.0436. The van der Waals surface area contributed by atoms with E-state index in [9.17, 15) is 21.6 Å². The minimum absolute atomic E-state index is 0.328. The molecule has 1 heterocycles. The first-order chi connectivity index (χ1) is 8.63. The van der Waals surface area contributed by atoms with Crippen molar-refractivity contribution in [2.75, 3.05) is 0 Å². The Hall–Kier alpha value is -0.380. The summed E-state index contributed by atoms with van der Waals surface area (Å²) in [7, 11) is -5.29. The van der Waals surface area contributed by atoms with Crippen LogP contribution in [0.4, 0.5) is 13.2 Å². The van der Waals surface area contributed by atoms with Crippen molar-refractivity contribution in [3.05, 3.63) is 29.3 Å². The first-order valence-corrected chi connectivity index (χ1v) is 7.68. The van der Waals surface area contributed by atoms with Crippen LogP contribution in [0.15, 0.2) is 23.1 Å². The number of rotatable bonds is 2. The van der Waals surface area contributed by atoms with Crippen LogP contribution in [-0.2, 0) is 22.9 Å². The monoisotopic (exact) mass is 329 g/mol. The van der Waals surface area contributed by atoms with E-state index in [2.05, 4.69) is 25.3 Å². The standard InChI is InChI=1S/C10H10F3NO2S3/c11-10(12,13)19(15,16)8-2-1-6-4-14(9(17)18)5-7(6)3-8/h1-3,9,17-18H,4-5H2. The highest BCUT2D eigenvalue weighted by Gasteiger charge is 2.47. The number of thiol groups is 2. The molecule has 1 aliphatic rings. The summed E-state index contributed by atoms with van der Waals surface area (Å²) >= 11 is 8.24. The molecule has 0 amide bonds. The molecule has 106 valence electrons. The quantitative estimate of drug-likeness (QED) is 0.646. The highest BCUT2D eigenvalue weighted by molar-refractivity contribution is 7.99. The maximum Gasteiger partial charge on any atom is 0.501 e. The maximum absolute atomic E-state index is 12.5. The molecule has 3 nitrogen and oxygen atoms in total. The molecular formula is C10H10F3NO2S3. The Bertz CT molecular complexity index is 599. The molecule has 0 unspecified atom stereocenters. The van der Waals surface area contributed by atoms with Gasteiger partial charge in [0.05, 0.1) is 9.60 Å². The average Bonchev–Trinajstić information content (AvgIpc) is 2.69. The van der Waals surface area contributed by atoms with E-state index in [0.717, 1.165) is 17.7 Å². The molecule has 9 heteroatoms. The average molecular weight is 329 g/mol. The van der Waals surface area contributed by atoms with Crippen molar-refractivity contribution in [3.8, 4) is 0 Å². The summed E-state index contributed by atoms with van der Waals surface area (Å²) in [5.74, 6) is 0. The summed E-state index contributed by atoms with van der Waals surface area (Å²) in [5, 5.41) is 0. The van der Waals surface area contributed by atoms with Gasteiger partial charge < -0.3 is 0 Å². The second kappa shape index (κ2) is 4.87. The molecule has 0 bridgehead atoms. The van der Waals surface area contributed by atoms with Gasteiger partial charge in [0.25, 0.3) is 9.84 Å². The van der Waals surface area contributed by atoms with Gasteiger partial charge in [-0.3, -0.25) is 4.90 Å². The Morgan fingerprint density at radius 2 is 1.74 bits per heavy atom. The van der Waals surface area contributed by atoms with Crippen molar-refractivity contribution < 1.29 is 21.6 Å².